The van der Waals surface area contributed by atoms with Gasteiger partial charge in [0.05, 0.1) is 5.25 Å². The third kappa shape index (κ3) is 2.44. The van der Waals surface area contributed by atoms with E-state index in [2.05, 4.69) is 4.72 Å². The van der Waals surface area contributed by atoms with Crippen molar-refractivity contribution >= 4 is 10.0 Å². The van der Waals surface area contributed by atoms with Crippen molar-refractivity contribution in [1.29, 1.82) is 0 Å². The van der Waals surface area contributed by atoms with Crippen molar-refractivity contribution in [1.82, 2.24) is 4.72 Å². The van der Waals surface area contributed by atoms with E-state index >= 15 is 0 Å². The van der Waals surface area contributed by atoms with Gasteiger partial charge in [-0.25, -0.2) is 13.1 Å². The number of sulfonamides is 1. The summed E-state index contributed by atoms with van der Waals surface area (Å²) in [4.78, 5) is 0. The average molecular weight is 290 g/mol. The van der Waals surface area contributed by atoms with Crippen LogP contribution in [0.3, 0.4) is 0 Å². The molecule has 0 atom stereocenters. The van der Waals surface area contributed by atoms with Crippen molar-refractivity contribution in [2.45, 2.75) is 57.9 Å². The van der Waals surface area contributed by atoms with Crippen molar-refractivity contribution in [3.8, 4) is 0 Å². The Bertz CT molecular complexity index is 423. The maximum atomic E-state index is 12.5. The summed E-state index contributed by atoms with van der Waals surface area (Å²) in [5.41, 5.74) is 5.75. The second-order valence-corrected chi connectivity index (χ2v) is 9.02. The van der Waals surface area contributed by atoms with Crippen LogP contribution in [0.15, 0.2) is 0 Å². The summed E-state index contributed by atoms with van der Waals surface area (Å²) in [5, 5.41) is -0.329. The second kappa shape index (κ2) is 4.69. The first-order valence-corrected chi connectivity index (χ1v) is 8.49. The standard InChI is InChI=1S/C13H26N2O3S/c1-12(2)10(14)13(3,4)11(12)15-19(16,17)9-5-7-18-8-6-9/h9-11,15H,5-8,14H2,1-4H3. The zero-order chi connectivity index (χ0) is 14.5. The molecular weight excluding hydrogens is 264 g/mol. The Balaban J connectivity index is 2.12. The molecule has 2 rings (SSSR count). The van der Waals surface area contributed by atoms with Gasteiger partial charge in [0.2, 0.25) is 10.0 Å². The van der Waals surface area contributed by atoms with Crippen LogP contribution < -0.4 is 10.5 Å². The Kier molecular flexibility index (Phi) is 3.75. The molecule has 1 heterocycles. The largest absolute Gasteiger partial charge is 0.381 e. The molecule has 1 saturated heterocycles. The molecule has 112 valence electrons. The summed E-state index contributed by atoms with van der Waals surface area (Å²) in [6, 6.07) is -0.106. The van der Waals surface area contributed by atoms with E-state index in [1.807, 2.05) is 27.7 Å². The van der Waals surface area contributed by atoms with Gasteiger partial charge in [0.25, 0.3) is 0 Å². The van der Waals surface area contributed by atoms with Crippen molar-refractivity contribution in [2.75, 3.05) is 13.2 Å². The van der Waals surface area contributed by atoms with Gasteiger partial charge in [0.15, 0.2) is 0 Å². The first-order chi connectivity index (χ1) is 8.60. The van der Waals surface area contributed by atoms with Crippen LogP contribution in [-0.4, -0.2) is 39.0 Å². The number of hydrogen-bond donors (Lipinski definition) is 2. The van der Waals surface area contributed by atoms with Gasteiger partial charge < -0.3 is 10.5 Å². The fourth-order valence-electron chi connectivity index (χ4n) is 3.73. The summed E-state index contributed by atoms with van der Waals surface area (Å²) >= 11 is 0. The Morgan fingerprint density at radius 3 is 2.05 bits per heavy atom. The van der Waals surface area contributed by atoms with Crippen LogP contribution in [0, 0.1) is 10.8 Å². The maximum absolute atomic E-state index is 12.5. The Labute approximate surface area is 116 Å². The van der Waals surface area contributed by atoms with Gasteiger partial charge in [0.1, 0.15) is 0 Å². The van der Waals surface area contributed by atoms with Crippen molar-refractivity contribution < 1.29 is 13.2 Å². The van der Waals surface area contributed by atoms with E-state index in [9.17, 15) is 8.42 Å². The van der Waals surface area contributed by atoms with Crippen molar-refractivity contribution in [2.24, 2.45) is 16.6 Å². The first kappa shape index (κ1) is 15.2. The molecule has 2 aliphatic rings. The van der Waals surface area contributed by atoms with E-state index in [0.717, 1.165) is 0 Å². The lowest BCUT2D eigenvalue weighted by Gasteiger charge is -2.62. The Hall–Kier alpha value is -0.170. The van der Waals surface area contributed by atoms with Crippen LogP contribution in [0.4, 0.5) is 0 Å². The molecule has 19 heavy (non-hydrogen) atoms. The number of nitrogens with two attached hydrogens (primary N) is 1. The number of nitrogens with one attached hydrogen (secondary N) is 1. The summed E-state index contributed by atoms with van der Waals surface area (Å²) in [5.74, 6) is 0. The first-order valence-electron chi connectivity index (χ1n) is 6.94. The molecule has 0 aromatic carbocycles. The zero-order valence-electron chi connectivity index (χ0n) is 12.3. The molecule has 0 bridgehead atoms. The molecule has 0 spiro atoms. The highest BCUT2D eigenvalue weighted by atomic mass is 32.2. The molecule has 0 aromatic heterocycles. The molecule has 0 unspecified atom stereocenters. The SMILES string of the molecule is CC1(C)C(N)C(C)(C)C1NS(=O)(=O)C1CCOCC1. The predicted octanol–water partition coefficient (Wildman–Crippen LogP) is 0.847. The molecule has 1 aliphatic carbocycles. The van der Waals surface area contributed by atoms with Crippen LogP contribution >= 0.6 is 0 Å². The third-order valence-corrected chi connectivity index (χ3v) is 6.89. The molecule has 2 fully saturated rings. The minimum absolute atomic E-state index is 0.00221. The minimum Gasteiger partial charge on any atom is -0.381 e. The van der Waals surface area contributed by atoms with Gasteiger partial charge in [-0.15, -0.1) is 0 Å². The van der Waals surface area contributed by atoms with Gasteiger partial charge >= 0.3 is 0 Å². The fourth-order valence-corrected chi connectivity index (χ4v) is 5.67. The maximum Gasteiger partial charge on any atom is 0.214 e. The summed E-state index contributed by atoms with van der Waals surface area (Å²) in [6.45, 7) is 9.17. The monoisotopic (exact) mass is 290 g/mol. The van der Waals surface area contributed by atoms with E-state index in [1.54, 1.807) is 0 Å². The third-order valence-electron chi connectivity index (χ3n) is 4.98. The van der Waals surface area contributed by atoms with Crippen molar-refractivity contribution in [3.05, 3.63) is 0 Å². The van der Waals surface area contributed by atoms with Gasteiger partial charge in [-0.1, -0.05) is 27.7 Å². The molecule has 0 radical (unpaired) electrons. The van der Waals surface area contributed by atoms with E-state index in [-0.39, 0.29) is 28.2 Å². The molecule has 3 N–H and O–H groups in total. The van der Waals surface area contributed by atoms with Crippen LogP contribution in [0.5, 0.6) is 0 Å². The quantitative estimate of drug-likeness (QED) is 0.807. The minimum atomic E-state index is -3.29. The van der Waals surface area contributed by atoms with Gasteiger partial charge in [0, 0.05) is 25.3 Å². The van der Waals surface area contributed by atoms with Gasteiger partial charge in [-0.3, -0.25) is 0 Å². The molecule has 1 aliphatic heterocycles. The van der Waals surface area contributed by atoms with Crippen LogP contribution in [-0.2, 0) is 14.8 Å². The summed E-state index contributed by atoms with van der Waals surface area (Å²) < 4.78 is 33.1. The lowest BCUT2D eigenvalue weighted by molar-refractivity contribution is -0.0596. The van der Waals surface area contributed by atoms with Crippen LogP contribution in [0.25, 0.3) is 0 Å². The Morgan fingerprint density at radius 1 is 1.11 bits per heavy atom. The molecule has 5 nitrogen and oxygen atoms in total. The highest BCUT2D eigenvalue weighted by Gasteiger charge is 2.61. The summed E-state index contributed by atoms with van der Waals surface area (Å²) in [7, 11) is -3.29. The van der Waals surface area contributed by atoms with Crippen molar-refractivity contribution in [3.63, 3.8) is 0 Å². The molecule has 1 saturated carbocycles. The van der Waals surface area contributed by atoms with E-state index in [4.69, 9.17) is 10.5 Å². The predicted molar refractivity (Wildman–Crippen MR) is 75.2 cm³/mol. The second-order valence-electron chi connectivity index (χ2n) is 7.03. The average Bonchev–Trinajstić information content (AvgIpc) is 2.36. The van der Waals surface area contributed by atoms with Gasteiger partial charge in [-0.2, -0.15) is 0 Å². The Morgan fingerprint density at radius 2 is 1.58 bits per heavy atom. The van der Waals surface area contributed by atoms with Crippen LogP contribution in [0.1, 0.15) is 40.5 Å². The number of rotatable bonds is 3. The topological polar surface area (TPSA) is 81.4 Å². The number of hydrogen-bond acceptors (Lipinski definition) is 4. The lowest BCUT2D eigenvalue weighted by Crippen LogP contribution is -2.76. The molecular formula is C13H26N2O3S. The summed E-state index contributed by atoms with van der Waals surface area (Å²) in [6.07, 6.45) is 1.16. The van der Waals surface area contributed by atoms with E-state index in [1.165, 1.54) is 0 Å². The molecule has 6 heteroatoms. The van der Waals surface area contributed by atoms with Gasteiger partial charge in [-0.05, 0) is 23.7 Å². The lowest BCUT2D eigenvalue weighted by atomic mass is 9.49. The smallest absolute Gasteiger partial charge is 0.214 e. The zero-order valence-corrected chi connectivity index (χ0v) is 13.1. The highest BCUT2D eigenvalue weighted by Crippen LogP contribution is 2.52. The van der Waals surface area contributed by atoms with E-state index < -0.39 is 10.0 Å². The molecule has 0 aromatic rings. The number of ether oxygens (including phenoxy) is 1. The highest BCUT2D eigenvalue weighted by molar-refractivity contribution is 7.90. The normalized spacial score (nSPS) is 34.8. The van der Waals surface area contributed by atoms with Crippen LogP contribution in [0.2, 0.25) is 0 Å². The van der Waals surface area contributed by atoms with E-state index in [0.29, 0.717) is 26.1 Å². The fraction of sp³-hybridized carbons (Fsp3) is 1.00. The molecule has 0 amide bonds.